The van der Waals surface area contributed by atoms with Gasteiger partial charge in [-0.05, 0) is 38.6 Å². The number of nitrogens with one attached hydrogen (secondary N) is 1. The fourth-order valence-corrected chi connectivity index (χ4v) is 1.72. The van der Waals surface area contributed by atoms with Crippen LogP contribution < -0.4 is 5.32 Å². The Morgan fingerprint density at radius 3 is 2.81 bits per heavy atom. The Morgan fingerprint density at radius 2 is 2.19 bits per heavy atom. The lowest BCUT2D eigenvalue weighted by Crippen LogP contribution is -2.31. The Kier molecular flexibility index (Phi) is 5.35. The van der Waals surface area contributed by atoms with Crippen molar-refractivity contribution in [1.29, 1.82) is 0 Å². The lowest BCUT2D eigenvalue weighted by Gasteiger charge is -2.10. The highest BCUT2D eigenvalue weighted by Gasteiger charge is 2.05. The maximum absolute atomic E-state index is 11.8. The molecule has 88 valence electrons. The monoisotopic (exact) mass is 238 g/mol. The van der Waals surface area contributed by atoms with E-state index in [4.69, 9.17) is 0 Å². The molecule has 16 heavy (non-hydrogen) atoms. The summed E-state index contributed by atoms with van der Waals surface area (Å²) in [5.74, 6) is -0.00208. The second-order valence-corrected chi connectivity index (χ2v) is 4.67. The fourth-order valence-electron chi connectivity index (χ4n) is 1.26. The number of carbonyl (C=O) groups excluding carboxylic acids is 1. The molecule has 3 nitrogen and oxygen atoms in total. The molecule has 0 aliphatic rings. The Hall–Kier alpha value is -1.00. The largest absolute Gasteiger partial charge is 0.351 e. The van der Waals surface area contributed by atoms with Gasteiger partial charge in [0.1, 0.15) is 0 Å². The molecule has 0 atom stereocenters. The van der Waals surface area contributed by atoms with E-state index in [1.54, 1.807) is 11.8 Å². The van der Waals surface area contributed by atoms with Crippen LogP contribution in [-0.4, -0.2) is 44.2 Å². The van der Waals surface area contributed by atoms with Gasteiger partial charge in [-0.1, -0.05) is 6.07 Å². The van der Waals surface area contributed by atoms with Crippen LogP contribution >= 0.6 is 11.8 Å². The van der Waals surface area contributed by atoms with Gasteiger partial charge in [0.15, 0.2) is 0 Å². The summed E-state index contributed by atoms with van der Waals surface area (Å²) in [6.45, 7) is 1.53. The lowest BCUT2D eigenvalue weighted by molar-refractivity contribution is 0.0951. The summed E-state index contributed by atoms with van der Waals surface area (Å²) in [6.07, 6.45) is 2.00. The van der Waals surface area contributed by atoms with Gasteiger partial charge in [-0.15, -0.1) is 11.8 Å². The number of hydrogen-bond donors (Lipinski definition) is 1. The molecule has 1 amide bonds. The van der Waals surface area contributed by atoms with Crippen molar-refractivity contribution in [3.63, 3.8) is 0 Å². The van der Waals surface area contributed by atoms with Crippen LogP contribution in [0.4, 0.5) is 0 Å². The first kappa shape index (κ1) is 13.1. The van der Waals surface area contributed by atoms with Crippen molar-refractivity contribution in [2.24, 2.45) is 0 Å². The maximum atomic E-state index is 11.8. The second-order valence-electron chi connectivity index (χ2n) is 3.79. The molecule has 0 aliphatic heterocycles. The molecule has 0 unspecified atom stereocenters. The molecule has 0 bridgehead atoms. The van der Waals surface area contributed by atoms with Crippen LogP contribution in [0.25, 0.3) is 0 Å². The first-order valence-electron chi connectivity index (χ1n) is 5.20. The SMILES string of the molecule is CSc1cccc(C(=O)NCCN(C)C)c1. The van der Waals surface area contributed by atoms with Gasteiger partial charge >= 0.3 is 0 Å². The Bertz CT molecular complexity index is 353. The topological polar surface area (TPSA) is 32.3 Å². The van der Waals surface area contributed by atoms with E-state index in [1.807, 2.05) is 49.5 Å². The van der Waals surface area contributed by atoms with E-state index in [1.165, 1.54) is 0 Å². The molecule has 0 spiro atoms. The number of hydrogen-bond acceptors (Lipinski definition) is 3. The van der Waals surface area contributed by atoms with E-state index >= 15 is 0 Å². The van der Waals surface area contributed by atoms with Crippen molar-refractivity contribution < 1.29 is 4.79 Å². The van der Waals surface area contributed by atoms with E-state index in [0.29, 0.717) is 6.54 Å². The third-order valence-corrected chi connectivity index (χ3v) is 2.90. The molecule has 0 fully saturated rings. The van der Waals surface area contributed by atoms with Crippen LogP contribution in [0.15, 0.2) is 29.2 Å². The fraction of sp³-hybridized carbons (Fsp3) is 0.417. The molecule has 0 aliphatic carbocycles. The molecule has 1 aromatic rings. The summed E-state index contributed by atoms with van der Waals surface area (Å²) in [5.41, 5.74) is 0.727. The van der Waals surface area contributed by atoms with Crippen LogP contribution in [0.2, 0.25) is 0 Å². The van der Waals surface area contributed by atoms with Crippen LogP contribution in [0.3, 0.4) is 0 Å². The number of carbonyl (C=O) groups is 1. The van der Waals surface area contributed by atoms with Crippen molar-refractivity contribution in [1.82, 2.24) is 10.2 Å². The van der Waals surface area contributed by atoms with Gasteiger partial charge in [-0.2, -0.15) is 0 Å². The minimum Gasteiger partial charge on any atom is -0.351 e. The summed E-state index contributed by atoms with van der Waals surface area (Å²) >= 11 is 1.64. The summed E-state index contributed by atoms with van der Waals surface area (Å²) in [6, 6.07) is 7.66. The number of thioether (sulfide) groups is 1. The predicted octanol–water partition coefficient (Wildman–Crippen LogP) is 1.70. The van der Waals surface area contributed by atoms with Crippen molar-refractivity contribution in [3.05, 3.63) is 29.8 Å². The number of likely N-dealkylation sites (N-methyl/N-ethyl adjacent to an activating group) is 1. The Balaban J connectivity index is 2.52. The van der Waals surface area contributed by atoms with E-state index in [0.717, 1.165) is 17.0 Å². The highest BCUT2D eigenvalue weighted by molar-refractivity contribution is 7.98. The third kappa shape index (κ3) is 4.24. The average Bonchev–Trinajstić information content (AvgIpc) is 2.28. The van der Waals surface area contributed by atoms with Crippen molar-refractivity contribution >= 4 is 17.7 Å². The van der Waals surface area contributed by atoms with Crippen LogP contribution in [0.5, 0.6) is 0 Å². The van der Waals surface area contributed by atoms with Crippen LogP contribution in [0, 0.1) is 0 Å². The summed E-state index contributed by atoms with van der Waals surface area (Å²) < 4.78 is 0. The zero-order valence-electron chi connectivity index (χ0n) is 9.99. The zero-order chi connectivity index (χ0) is 12.0. The Morgan fingerprint density at radius 1 is 1.44 bits per heavy atom. The van der Waals surface area contributed by atoms with Crippen molar-refractivity contribution in [2.75, 3.05) is 33.4 Å². The van der Waals surface area contributed by atoms with Crippen molar-refractivity contribution in [2.45, 2.75) is 4.90 Å². The highest BCUT2D eigenvalue weighted by Crippen LogP contribution is 2.15. The van der Waals surface area contributed by atoms with Gasteiger partial charge in [-0.25, -0.2) is 0 Å². The standard InChI is InChI=1S/C12H18N2OS/c1-14(2)8-7-13-12(15)10-5-4-6-11(9-10)16-3/h4-6,9H,7-8H2,1-3H3,(H,13,15). The molecule has 0 saturated heterocycles. The first-order valence-corrected chi connectivity index (χ1v) is 6.43. The van der Waals surface area contributed by atoms with Gasteiger partial charge in [0.05, 0.1) is 0 Å². The minimum atomic E-state index is -0.00208. The molecule has 0 radical (unpaired) electrons. The Labute approximate surface area is 101 Å². The first-order chi connectivity index (χ1) is 7.63. The third-order valence-electron chi connectivity index (χ3n) is 2.18. The smallest absolute Gasteiger partial charge is 0.251 e. The average molecular weight is 238 g/mol. The summed E-state index contributed by atoms with van der Waals surface area (Å²) in [7, 11) is 3.97. The van der Waals surface area contributed by atoms with Crippen LogP contribution in [-0.2, 0) is 0 Å². The van der Waals surface area contributed by atoms with Gasteiger partial charge in [0, 0.05) is 23.5 Å². The predicted molar refractivity (Wildman–Crippen MR) is 69.1 cm³/mol. The number of nitrogens with zero attached hydrogens (tertiary/aromatic N) is 1. The minimum absolute atomic E-state index is 0.00208. The highest BCUT2D eigenvalue weighted by atomic mass is 32.2. The summed E-state index contributed by atoms with van der Waals surface area (Å²) in [5, 5.41) is 2.89. The van der Waals surface area contributed by atoms with Gasteiger partial charge < -0.3 is 10.2 Å². The number of rotatable bonds is 5. The van der Waals surface area contributed by atoms with E-state index in [-0.39, 0.29) is 5.91 Å². The van der Waals surface area contributed by atoms with Gasteiger partial charge in [-0.3, -0.25) is 4.79 Å². The van der Waals surface area contributed by atoms with Gasteiger partial charge in [0.2, 0.25) is 0 Å². The molecule has 1 aromatic carbocycles. The molecular weight excluding hydrogens is 220 g/mol. The molecule has 1 N–H and O–H groups in total. The van der Waals surface area contributed by atoms with E-state index < -0.39 is 0 Å². The quantitative estimate of drug-likeness (QED) is 0.792. The number of benzene rings is 1. The molecule has 0 saturated carbocycles. The maximum Gasteiger partial charge on any atom is 0.251 e. The second kappa shape index (κ2) is 6.55. The van der Waals surface area contributed by atoms with Crippen LogP contribution in [0.1, 0.15) is 10.4 Å². The van der Waals surface area contributed by atoms with Gasteiger partial charge in [0.25, 0.3) is 5.91 Å². The molecular formula is C12H18N2OS. The lowest BCUT2D eigenvalue weighted by atomic mass is 10.2. The molecule has 0 aromatic heterocycles. The van der Waals surface area contributed by atoms with Crippen molar-refractivity contribution in [3.8, 4) is 0 Å². The zero-order valence-corrected chi connectivity index (χ0v) is 10.8. The van der Waals surface area contributed by atoms with E-state index in [2.05, 4.69) is 5.32 Å². The molecule has 4 heteroatoms. The van der Waals surface area contributed by atoms with E-state index in [9.17, 15) is 4.79 Å². The molecule has 0 heterocycles. The summed E-state index contributed by atoms with van der Waals surface area (Å²) in [4.78, 5) is 14.9. The number of amides is 1. The normalized spacial score (nSPS) is 10.5. The molecule has 1 rings (SSSR count).